The highest BCUT2D eigenvalue weighted by Gasteiger charge is 2.33. The smallest absolute Gasteiger partial charge is 0.317 e. The minimum Gasteiger partial charge on any atom is -0.317 e. The Balaban J connectivity index is 1.84. The quantitative estimate of drug-likeness (QED) is 0.888. The number of aryl methyl sites for hydroxylation is 1. The normalized spacial score (nSPS) is 18.5. The van der Waals surface area contributed by atoms with Gasteiger partial charge in [-0.3, -0.25) is 4.68 Å². The average molecular weight is 247 g/mol. The number of alkyl halides is 3. The molecule has 1 saturated heterocycles. The molecule has 0 bridgehead atoms. The Morgan fingerprint density at radius 1 is 1.35 bits per heavy atom. The predicted molar refractivity (Wildman–Crippen MR) is 57.4 cm³/mol. The number of rotatable bonds is 3. The largest absolute Gasteiger partial charge is 0.435 e. The molecule has 1 fully saturated rings. The van der Waals surface area contributed by atoms with E-state index in [9.17, 15) is 13.2 Å². The number of hydrogen-bond donors (Lipinski definition) is 1. The first-order chi connectivity index (χ1) is 8.05. The first-order valence-electron chi connectivity index (χ1n) is 5.87. The Hall–Kier alpha value is -1.04. The molecule has 6 heteroatoms. The molecule has 3 nitrogen and oxygen atoms in total. The summed E-state index contributed by atoms with van der Waals surface area (Å²) in [4.78, 5) is 0. The number of aromatic nitrogens is 2. The maximum atomic E-state index is 12.3. The summed E-state index contributed by atoms with van der Waals surface area (Å²) >= 11 is 0. The zero-order chi connectivity index (χ0) is 12.3. The molecule has 0 atom stereocenters. The monoisotopic (exact) mass is 247 g/mol. The Labute approximate surface area is 98.0 Å². The minimum atomic E-state index is -4.33. The molecule has 1 aromatic heterocycles. The topological polar surface area (TPSA) is 29.9 Å². The fraction of sp³-hybridized carbons (Fsp3) is 0.727. The Morgan fingerprint density at radius 3 is 2.65 bits per heavy atom. The molecule has 1 N–H and O–H groups in total. The third kappa shape index (κ3) is 3.46. The third-order valence-electron chi connectivity index (χ3n) is 3.16. The highest BCUT2D eigenvalue weighted by Crippen LogP contribution is 2.27. The summed E-state index contributed by atoms with van der Waals surface area (Å²) in [5.41, 5.74) is -0.803. The molecule has 1 aliphatic rings. The van der Waals surface area contributed by atoms with Crippen molar-refractivity contribution in [2.24, 2.45) is 5.92 Å². The predicted octanol–water partition coefficient (Wildman–Crippen LogP) is 2.29. The van der Waals surface area contributed by atoms with Crippen LogP contribution in [-0.2, 0) is 12.7 Å². The van der Waals surface area contributed by atoms with Gasteiger partial charge in [0.05, 0.1) is 0 Å². The Bertz CT molecular complexity index is 353. The Kier molecular flexibility index (Phi) is 3.71. The average Bonchev–Trinajstić information content (AvgIpc) is 2.76. The van der Waals surface area contributed by atoms with E-state index in [-0.39, 0.29) is 0 Å². The van der Waals surface area contributed by atoms with E-state index < -0.39 is 11.9 Å². The van der Waals surface area contributed by atoms with E-state index in [1.165, 1.54) is 10.9 Å². The van der Waals surface area contributed by atoms with Crippen molar-refractivity contribution in [3.8, 4) is 0 Å². The van der Waals surface area contributed by atoms with Crippen molar-refractivity contribution in [3.63, 3.8) is 0 Å². The van der Waals surface area contributed by atoms with Gasteiger partial charge in [-0.25, -0.2) is 0 Å². The molecule has 0 spiro atoms. The van der Waals surface area contributed by atoms with Crippen LogP contribution in [0.25, 0.3) is 0 Å². The van der Waals surface area contributed by atoms with Gasteiger partial charge >= 0.3 is 6.18 Å². The lowest BCUT2D eigenvalue weighted by atomic mass is 9.95. The number of piperidine rings is 1. The highest BCUT2D eigenvalue weighted by molar-refractivity contribution is 5.03. The van der Waals surface area contributed by atoms with E-state index in [1.807, 2.05) is 0 Å². The summed E-state index contributed by atoms with van der Waals surface area (Å²) < 4.78 is 38.3. The number of nitrogens with one attached hydrogen (secondary N) is 1. The van der Waals surface area contributed by atoms with Gasteiger partial charge in [0.2, 0.25) is 0 Å². The van der Waals surface area contributed by atoms with Crippen LogP contribution in [0.1, 0.15) is 25.0 Å². The summed E-state index contributed by atoms with van der Waals surface area (Å²) in [6, 6.07) is 1.03. The van der Waals surface area contributed by atoms with Gasteiger partial charge in [-0.1, -0.05) is 0 Å². The number of hydrogen-bond acceptors (Lipinski definition) is 2. The molecule has 0 amide bonds. The van der Waals surface area contributed by atoms with Gasteiger partial charge < -0.3 is 5.32 Å². The van der Waals surface area contributed by atoms with Crippen molar-refractivity contribution >= 4 is 0 Å². The molecule has 96 valence electrons. The fourth-order valence-corrected chi connectivity index (χ4v) is 2.12. The van der Waals surface area contributed by atoms with Gasteiger partial charge in [0, 0.05) is 12.7 Å². The van der Waals surface area contributed by atoms with Crippen LogP contribution in [0.3, 0.4) is 0 Å². The summed E-state index contributed by atoms with van der Waals surface area (Å²) in [7, 11) is 0. The van der Waals surface area contributed by atoms with E-state index in [2.05, 4.69) is 10.4 Å². The van der Waals surface area contributed by atoms with Crippen molar-refractivity contribution in [2.45, 2.75) is 32.0 Å². The maximum absolute atomic E-state index is 12.3. The van der Waals surface area contributed by atoms with E-state index >= 15 is 0 Å². The van der Waals surface area contributed by atoms with Gasteiger partial charge in [0.25, 0.3) is 0 Å². The van der Waals surface area contributed by atoms with Gasteiger partial charge in [-0.15, -0.1) is 0 Å². The zero-order valence-corrected chi connectivity index (χ0v) is 9.50. The second-order valence-electron chi connectivity index (χ2n) is 4.44. The SMILES string of the molecule is FC(F)(F)c1ccn(CCC2CCNCC2)n1. The Morgan fingerprint density at radius 2 is 2.06 bits per heavy atom. The molecule has 2 heterocycles. The van der Waals surface area contributed by atoms with E-state index in [1.54, 1.807) is 0 Å². The van der Waals surface area contributed by atoms with Crippen LogP contribution in [0.2, 0.25) is 0 Å². The number of nitrogens with zero attached hydrogens (tertiary/aromatic N) is 2. The van der Waals surface area contributed by atoms with Crippen molar-refractivity contribution < 1.29 is 13.2 Å². The summed E-state index contributed by atoms with van der Waals surface area (Å²) in [5, 5.41) is 6.81. The van der Waals surface area contributed by atoms with Crippen molar-refractivity contribution in [2.75, 3.05) is 13.1 Å². The van der Waals surface area contributed by atoms with Crippen molar-refractivity contribution in [1.29, 1.82) is 0 Å². The molecule has 0 radical (unpaired) electrons. The minimum absolute atomic E-state index is 0.570. The van der Waals surface area contributed by atoms with E-state index in [4.69, 9.17) is 0 Å². The molecule has 0 unspecified atom stereocenters. The van der Waals surface area contributed by atoms with Crippen LogP contribution in [0, 0.1) is 5.92 Å². The van der Waals surface area contributed by atoms with Gasteiger partial charge in [-0.2, -0.15) is 18.3 Å². The standard InChI is InChI=1S/C11H16F3N3/c12-11(13,14)10-4-8-17(16-10)7-3-9-1-5-15-6-2-9/h4,8-9,15H,1-3,5-7H2. The van der Waals surface area contributed by atoms with Gasteiger partial charge in [0.15, 0.2) is 5.69 Å². The molecule has 0 saturated carbocycles. The first kappa shape index (κ1) is 12.4. The number of halogens is 3. The van der Waals surface area contributed by atoms with E-state index in [0.29, 0.717) is 12.5 Å². The van der Waals surface area contributed by atoms with Crippen LogP contribution in [0.5, 0.6) is 0 Å². The van der Waals surface area contributed by atoms with Crippen LogP contribution >= 0.6 is 0 Å². The van der Waals surface area contributed by atoms with Crippen LogP contribution in [-0.4, -0.2) is 22.9 Å². The molecule has 17 heavy (non-hydrogen) atoms. The summed E-state index contributed by atoms with van der Waals surface area (Å²) in [6.07, 6.45) is 0.186. The van der Waals surface area contributed by atoms with Gasteiger partial charge in [-0.05, 0) is 44.3 Å². The van der Waals surface area contributed by atoms with Crippen LogP contribution in [0.4, 0.5) is 13.2 Å². The van der Waals surface area contributed by atoms with Crippen molar-refractivity contribution in [1.82, 2.24) is 15.1 Å². The molecular weight excluding hydrogens is 231 g/mol. The summed E-state index contributed by atoms with van der Waals surface area (Å²) in [6.45, 7) is 2.59. The molecular formula is C11H16F3N3. The zero-order valence-electron chi connectivity index (χ0n) is 9.50. The van der Waals surface area contributed by atoms with Crippen molar-refractivity contribution in [3.05, 3.63) is 18.0 Å². The van der Waals surface area contributed by atoms with E-state index in [0.717, 1.165) is 38.4 Å². The first-order valence-corrected chi connectivity index (χ1v) is 5.87. The third-order valence-corrected chi connectivity index (χ3v) is 3.16. The molecule has 1 aromatic rings. The van der Waals surface area contributed by atoms with Crippen LogP contribution in [0.15, 0.2) is 12.3 Å². The maximum Gasteiger partial charge on any atom is 0.435 e. The van der Waals surface area contributed by atoms with Crippen LogP contribution < -0.4 is 5.32 Å². The lowest BCUT2D eigenvalue weighted by Gasteiger charge is -2.22. The second kappa shape index (κ2) is 5.08. The molecule has 2 rings (SSSR count). The lowest BCUT2D eigenvalue weighted by molar-refractivity contribution is -0.141. The second-order valence-corrected chi connectivity index (χ2v) is 4.44. The highest BCUT2D eigenvalue weighted by atomic mass is 19.4. The lowest BCUT2D eigenvalue weighted by Crippen LogP contribution is -2.28. The summed E-state index contributed by atoms with van der Waals surface area (Å²) in [5.74, 6) is 0.606. The molecule has 1 aliphatic heterocycles. The molecule has 0 aliphatic carbocycles. The van der Waals surface area contributed by atoms with Gasteiger partial charge in [0.1, 0.15) is 0 Å². The molecule has 0 aromatic carbocycles. The fourth-order valence-electron chi connectivity index (χ4n) is 2.12.